The number of carbonyl (C=O) groups is 1. The van der Waals surface area contributed by atoms with E-state index in [9.17, 15) is 35.2 Å². The Labute approximate surface area is 298 Å². The van der Waals surface area contributed by atoms with Gasteiger partial charge in [0.05, 0.1) is 33.7 Å². The Kier molecular flexibility index (Phi) is 7.88. The number of amides is 1. The van der Waals surface area contributed by atoms with Crippen LogP contribution in [-0.2, 0) is 46.9 Å². The molecular weight excluding hydrogens is 754 g/mol. The van der Waals surface area contributed by atoms with Crippen LogP contribution in [0.2, 0.25) is 0 Å². The SMILES string of the molecule is Cn1nc(NS(C)(=O)=O)c2cccc(-c3cc4scnc4nc3C(Cc3cc(F)cc(F)c3)NC(=O)Cn3nc(C(F)(F)F)c4c3C(F)(F)[C@@H]3C[C@H]43)c21. The van der Waals surface area contributed by atoms with Crippen LogP contribution in [0.3, 0.4) is 0 Å². The van der Waals surface area contributed by atoms with E-state index in [4.69, 9.17) is 4.98 Å². The lowest BCUT2D eigenvalue weighted by atomic mass is 9.94. The average Bonchev–Trinajstić information content (AvgIpc) is 3.28. The number of para-hydroxylation sites is 1. The number of anilines is 1. The molecule has 8 rings (SSSR count). The number of thiazole rings is 1. The molecule has 2 aromatic carbocycles. The van der Waals surface area contributed by atoms with Crippen molar-refractivity contribution in [2.45, 2.75) is 43.4 Å². The van der Waals surface area contributed by atoms with Crippen molar-refractivity contribution in [1.82, 2.24) is 34.8 Å². The van der Waals surface area contributed by atoms with Crippen molar-refractivity contribution in [2.24, 2.45) is 13.0 Å². The van der Waals surface area contributed by atoms with Crippen LogP contribution in [-0.4, -0.2) is 50.1 Å². The number of carbonyl (C=O) groups excluding carboxylic acids is 1. The molecule has 20 heteroatoms. The van der Waals surface area contributed by atoms with Crippen LogP contribution < -0.4 is 10.0 Å². The second-order valence-corrected chi connectivity index (χ2v) is 15.7. The number of benzene rings is 2. The van der Waals surface area contributed by atoms with E-state index in [1.54, 1.807) is 31.3 Å². The van der Waals surface area contributed by atoms with Crippen molar-refractivity contribution < 1.29 is 43.9 Å². The maximum absolute atomic E-state index is 15.3. The van der Waals surface area contributed by atoms with Gasteiger partial charge < -0.3 is 5.32 Å². The fourth-order valence-corrected chi connectivity index (χ4v) is 8.41. The van der Waals surface area contributed by atoms with Gasteiger partial charge in [-0.15, -0.1) is 11.3 Å². The van der Waals surface area contributed by atoms with Crippen molar-refractivity contribution >= 4 is 54.3 Å². The largest absolute Gasteiger partial charge is 0.435 e. The first kappa shape index (κ1) is 34.9. The molecule has 0 radical (unpaired) electrons. The van der Waals surface area contributed by atoms with E-state index >= 15 is 8.78 Å². The molecule has 1 saturated carbocycles. The van der Waals surface area contributed by atoms with E-state index in [1.807, 2.05) is 0 Å². The number of alkyl halides is 5. The second kappa shape index (κ2) is 12.0. The number of hydrogen-bond donors (Lipinski definition) is 2. The highest BCUT2D eigenvalue weighted by Crippen LogP contribution is 2.68. The lowest BCUT2D eigenvalue weighted by molar-refractivity contribution is -0.142. The molecule has 0 saturated heterocycles. The van der Waals surface area contributed by atoms with Crippen molar-refractivity contribution in [3.05, 3.63) is 87.8 Å². The minimum atomic E-state index is -5.05. The van der Waals surface area contributed by atoms with Crippen molar-refractivity contribution in [1.29, 1.82) is 0 Å². The van der Waals surface area contributed by atoms with Crippen LogP contribution in [0, 0.1) is 17.6 Å². The minimum Gasteiger partial charge on any atom is -0.346 e. The van der Waals surface area contributed by atoms with Crippen molar-refractivity contribution in [3.63, 3.8) is 0 Å². The number of pyridine rings is 1. The van der Waals surface area contributed by atoms with Gasteiger partial charge in [0.2, 0.25) is 15.9 Å². The summed E-state index contributed by atoms with van der Waals surface area (Å²) in [4.78, 5) is 22.8. The quantitative estimate of drug-likeness (QED) is 0.162. The van der Waals surface area contributed by atoms with Gasteiger partial charge in [-0.2, -0.15) is 32.1 Å². The molecule has 3 atom stereocenters. The van der Waals surface area contributed by atoms with Crippen LogP contribution in [0.1, 0.15) is 46.6 Å². The summed E-state index contributed by atoms with van der Waals surface area (Å²) in [6, 6.07) is 8.06. The van der Waals surface area contributed by atoms with Gasteiger partial charge in [-0.25, -0.2) is 27.2 Å². The van der Waals surface area contributed by atoms with E-state index < -0.39 is 81.0 Å². The molecule has 2 aliphatic rings. The van der Waals surface area contributed by atoms with Crippen molar-refractivity contribution in [2.75, 3.05) is 11.0 Å². The summed E-state index contributed by atoms with van der Waals surface area (Å²) in [5.41, 5.74) is 0.0880. The van der Waals surface area contributed by atoms with Gasteiger partial charge in [-0.3, -0.25) is 18.9 Å². The van der Waals surface area contributed by atoms with Gasteiger partial charge in [-0.05, 0) is 48.6 Å². The Balaban J connectivity index is 1.25. The van der Waals surface area contributed by atoms with Crippen LogP contribution in [0.5, 0.6) is 0 Å². The summed E-state index contributed by atoms with van der Waals surface area (Å²) in [5.74, 6) is -8.85. The molecule has 4 aromatic heterocycles. The highest BCUT2D eigenvalue weighted by atomic mass is 32.2. The Bertz CT molecular complexity index is 2580. The number of sulfonamides is 1. The molecule has 1 fully saturated rings. The number of aryl methyl sites for hydroxylation is 1. The topological polar surface area (TPSA) is 137 Å². The van der Waals surface area contributed by atoms with Crippen LogP contribution in [0.25, 0.3) is 32.4 Å². The standard InChI is InChI=1S/C33H25F7N8O3S2/c1-47-27-17(4-3-5-18(27)30(45-47)46-53(2,50)51)19-11-23-31(41-13-52-23)43-26(19)22(8-14-6-15(34)9-16(35)7-14)42-24(49)12-48-29-25(28(44-48)33(38,39)40)20-10-21(20)32(29,36)37/h3-7,9,11,13,20-22H,8,10,12H2,1-2H3,(H,42,49)(H,45,46)/t20-,21+,22?/m0/s1. The van der Waals surface area contributed by atoms with E-state index in [0.29, 0.717) is 37.5 Å². The van der Waals surface area contributed by atoms with Gasteiger partial charge >= 0.3 is 6.18 Å². The summed E-state index contributed by atoms with van der Waals surface area (Å²) in [7, 11) is -2.17. The molecule has 0 aliphatic heterocycles. The zero-order chi connectivity index (χ0) is 37.8. The van der Waals surface area contributed by atoms with Crippen molar-refractivity contribution in [3.8, 4) is 11.1 Å². The third kappa shape index (κ3) is 6.16. The lowest BCUT2D eigenvalue weighted by Crippen LogP contribution is -2.35. The van der Waals surface area contributed by atoms with E-state index in [-0.39, 0.29) is 35.6 Å². The molecule has 53 heavy (non-hydrogen) atoms. The summed E-state index contributed by atoms with van der Waals surface area (Å²) in [6.07, 6.45) is -4.53. The molecular formula is C33H25F7N8O3S2. The number of nitrogens with zero attached hydrogens (tertiary/aromatic N) is 6. The second-order valence-electron chi connectivity index (χ2n) is 13.1. The molecule has 1 unspecified atom stereocenters. The fraction of sp³-hybridized carbons (Fsp3) is 0.303. The molecule has 11 nitrogen and oxygen atoms in total. The average molecular weight is 779 g/mol. The first-order chi connectivity index (χ1) is 24.9. The Hall–Kier alpha value is -5.11. The molecule has 0 bridgehead atoms. The highest BCUT2D eigenvalue weighted by molar-refractivity contribution is 7.92. The predicted octanol–water partition coefficient (Wildman–Crippen LogP) is 6.42. The summed E-state index contributed by atoms with van der Waals surface area (Å²) >= 11 is 1.23. The third-order valence-corrected chi connectivity index (χ3v) is 10.6. The summed E-state index contributed by atoms with van der Waals surface area (Å²) in [5, 5.41) is 10.8. The normalized spacial score (nSPS) is 18.3. The Morgan fingerprint density at radius 3 is 2.53 bits per heavy atom. The smallest absolute Gasteiger partial charge is 0.346 e. The number of aromatic nitrogens is 6. The lowest BCUT2D eigenvalue weighted by Gasteiger charge is -2.23. The highest BCUT2D eigenvalue weighted by Gasteiger charge is 2.68. The zero-order valence-corrected chi connectivity index (χ0v) is 29.0. The third-order valence-electron chi connectivity index (χ3n) is 9.31. The van der Waals surface area contributed by atoms with Gasteiger partial charge in [0, 0.05) is 41.1 Å². The van der Waals surface area contributed by atoms with Gasteiger partial charge in [0.25, 0.3) is 5.92 Å². The summed E-state index contributed by atoms with van der Waals surface area (Å²) in [6.45, 7) is -1.03. The number of nitrogens with one attached hydrogen (secondary N) is 2. The molecule has 6 aromatic rings. The predicted molar refractivity (Wildman–Crippen MR) is 179 cm³/mol. The Morgan fingerprint density at radius 1 is 1.09 bits per heavy atom. The zero-order valence-electron chi connectivity index (χ0n) is 27.3. The molecule has 2 N–H and O–H groups in total. The van der Waals surface area contributed by atoms with Gasteiger partial charge in [-0.1, -0.05) is 12.1 Å². The monoisotopic (exact) mass is 778 g/mol. The molecule has 1 amide bonds. The molecule has 276 valence electrons. The van der Waals surface area contributed by atoms with Crippen LogP contribution >= 0.6 is 11.3 Å². The van der Waals surface area contributed by atoms with Crippen LogP contribution in [0.4, 0.5) is 36.6 Å². The first-order valence-electron chi connectivity index (χ1n) is 15.9. The fourth-order valence-electron chi connectivity index (χ4n) is 7.25. The van der Waals surface area contributed by atoms with E-state index in [0.717, 1.165) is 18.4 Å². The van der Waals surface area contributed by atoms with Gasteiger partial charge in [0.15, 0.2) is 17.2 Å². The number of halogens is 7. The molecule has 4 heterocycles. The summed E-state index contributed by atoms with van der Waals surface area (Å²) < 4.78 is 130. The number of hydrogen-bond acceptors (Lipinski definition) is 8. The maximum atomic E-state index is 15.3. The maximum Gasteiger partial charge on any atom is 0.435 e. The first-order valence-corrected chi connectivity index (χ1v) is 18.6. The number of rotatable bonds is 9. The minimum absolute atomic E-state index is 0.0275. The molecule has 2 aliphatic carbocycles. The van der Waals surface area contributed by atoms with Crippen LogP contribution in [0.15, 0.2) is 48.0 Å². The molecule has 0 spiro atoms. The van der Waals surface area contributed by atoms with Gasteiger partial charge in [0.1, 0.15) is 23.9 Å². The number of fused-ring (bicyclic) bond motifs is 5. The Morgan fingerprint density at radius 2 is 1.83 bits per heavy atom. The van der Waals surface area contributed by atoms with E-state index in [1.165, 1.54) is 21.5 Å². The van der Waals surface area contributed by atoms with E-state index in [2.05, 4.69) is 25.2 Å².